The van der Waals surface area contributed by atoms with Crippen LogP contribution in [0.15, 0.2) is 0 Å². The molecule has 0 aromatic rings. The second-order valence-electron chi connectivity index (χ2n) is 0.668. The largest absolute Gasteiger partial charge is 0.320 e. The van der Waals surface area contributed by atoms with Crippen LogP contribution in [-0.4, -0.2) is 16.3 Å². The Labute approximate surface area is 40.7 Å². The molecule has 0 heterocycles. The minimum absolute atomic E-state index is 0.440. The monoisotopic (exact) mass is 108 g/mol. The minimum Gasteiger partial charge on any atom is -0.320 e. The molecule has 0 atom stereocenters. The van der Waals surface area contributed by atoms with Crippen LogP contribution >= 0.6 is 0 Å². The molecular weight excluding hydrogens is 100 g/mol. The molecule has 0 bridgehead atoms. The summed E-state index contributed by atoms with van der Waals surface area (Å²) in [4.78, 5) is 9.45. The lowest BCUT2D eigenvalue weighted by Gasteiger charge is -1.78. The van der Waals surface area contributed by atoms with Crippen molar-refractivity contribution >= 4 is 5.91 Å². The van der Waals surface area contributed by atoms with Crippen molar-refractivity contribution in [1.29, 1.82) is 0 Å². The average Bonchev–Trinajstić information content (AvgIpc) is 1.73. The highest BCUT2D eigenvalue weighted by Crippen LogP contribution is 1.44. The van der Waals surface area contributed by atoms with Gasteiger partial charge >= 0.3 is 0 Å². The van der Waals surface area contributed by atoms with Gasteiger partial charge in [-0.05, 0) is 0 Å². The molecule has 5 N–H and O–H groups in total. The third-order valence-corrected chi connectivity index (χ3v) is 0.157. The standard InChI is InChI=1S/C2H5NO2.H3NO/c1-2(4)3-5;1-2/h5H,1H3,(H,3,4);2H,1H2. The molecule has 1 amide bonds. The van der Waals surface area contributed by atoms with Gasteiger partial charge in [-0.15, -0.1) is 0 Å². The molecule has 0 spiro atoms. The molecule has 0 aliphatic rings. The van der Waals surface area contributed by atoms with Gasteiger partial charge in [0.1, 0.15) is 0 Å². The number of carbonyl (C=O) groups excluding carboxylic acids is 1. The summed E-state index contributed by atoms with van der Waals surface area (Å²) in [6, 6.07) is 0. The zero-order chi connectivity index (χ0) is 6.28. The number of hydrogen-bond acceptors (Lipinski definition) is 4. The van der Waals surface area contributed by atoms with E-state index in [4.69, 9.17) is 10.4 Å². The van der Waals surface area contributed by atoms with E-state index in [1.165, 1.54) is 12.4 Å². The third kappa shape index (κ3) is 32.9. The molecule has 0 saturated heterocycles. The van der Waals surface area contributed by atoms with Crippen LogP contribution < -0.4 is 11.4 Å². The maximum Gasteiger partial charge on any atom is 0.240 e. The Balaban J connectivity index is 0. The highest BCUT2D eigenvalue weighted by molar-refractivity contribution is 5.71. The summed E-state index contributed by atoms with van der Waals surface area (Å²) in [7, 11) is 0. The van der Waals surface area contributed by atoms with Crippen molar-refractivity contribution in [2.24, 2.45) is 5.90 Å². The van der Waals surface area contributed by atoms with Gasteiger partial charge in [0.2, 0.25) is 5.91 Å². The van der Waals surface area contributed by atoms with Crippen LogP contribution in [0.3, 0.4) is 0 Å². The summed E-state index contributed by atoms with van der Waals surface area (Å²) in [6.45, 7) is 1.22. The molecule has 0 rings (SSSR count). The summed E-state index contributed by atoms with van der Waals surface area (Å²) in [6.07, 6.45) is 0. The van der Waals surface area contributed by atoms with Crippen molar-refractivity contribution in [2.45, 2.75) is 6.92 Å². The van der Waals surface area contributed by atoms with Gasteiger partial charge in [-0.3, -0.25) is 10.0 Å². The molecule has 0 radical (unpaired) electrons. The first-order valence-corrected chi connectivity index (χ1v) is 1.44. The smallest absolute Gasteiger partial charge is 0.240 e. The normalized spacial score (nSPS) is 5.71. The van der Waals surface area contributed by atoms with Crippen LogP contribution in [0.2, 0.25) is 0 Å². The highest BCUT2D eigenvalue weighted by atomic mass is 16.5. The van der Waals surface area contributed by atoms with Crippen LogP contribution in [0.1, 0.15) is 6.92 Å². The molecule has 0 unspecified atom stereocenters. The van der Waals surface area contributed by atoms with E-state index in [2.05, 4.69) is 5.90 Å². The number of nitrogens with one attached hydrogen (secondary N) is 1. The number of carbonyl (C=O) groups is 1. The predicted molar refractivity (Wildman–Crippen MR) is 21.6 cm³/mol. The van der Waals surface area contributed by atoms with Gasteiger partial charge in [0.15, 0.2) is 0 Å². The molecule has 44 valence electrons. The fourth-order valence-corrected chi connectivity index (χ4v) is 0. The van der Waals surface area contributed by atoms with E-state index in [9.17, 15) is 4.79 Å². The van der Waals surface area contributed by atoms with E-state index in [1.807, 2.05) is 0 Å². The number of hydroxylamine groups is 1. The van der Waals surface area contributed by atoms with Gasteiger partial charge < -0.3 is 5.21 Å². The fraction of sp³-hybridized carbons (Fsp3) is 0.500. The first-order chi connectivity index (χ1) is 3.27. The molecule has 0 saturated carbocycles. The quantitative estimate of drug-likeness (QED) is 0.232. The second kappa shape index (κ2) is 9.02. The molecule has 0 fully saturated rings. The average molecular weight is 108 g/mol. The van der Waals surface area contributed by atoms with E-state index < -0.39 is 5.91 Å². The maximum atomic E-state index is 9.45. The van der Waals surface area contributed by atoms with E-state index in [0.29, 0.717) is 0 Å². The van der Waals surface area contributed by atoms with Crippen LogP contribution in [0.4, 0.5) is 0 Å². The third-order valence-electron chi connectivity index (χ3n) is 0.157. The van der Waals surface area contributed by atoms with Crippen molar-refractivity contribution in [1.82, 2.24) is 5.48 Å². The lowest BCUT2D eigenvalue weighted by atomic mass is 10.8. The second-order valence-corrected chi connectivity index (χ2v) is 0.668. The topological polar surface area (TPSA) is 95.6 Å². The SMILES string of the molecule is CC(=O)NO.NO. The zero-order valence-electron chi connectivity index (χ0n) is 3.88. The lowest BCUT2D eigenvalue weighted by molar-refractivity contribution is -0.126. The Morgan fingerprint density at radius 1 is 1.71 bits per heavy atom. The Hall–Kier alpha value is -0.650. The van der Waals surface area contributed by atoms with Crippen molar-refractivity contribution in [3.8, 4) is 0 Å². The number of hydrogen-bond donors (Lipinski definition) is 4. The zero-order valence-corrected chi connectivity index (χ0v) is 3.88. The summed E-state index contributed by atoms with van der Waals surface area (Å²) in [5.74, 6) is 3.06. The number of nitrogens with two attached hydrogens (primary N) is 1. The van der Waals surface area contributed by atoms with E-state index in [1.54, 1.807) is 0 Å². The summed E-state index contributed by atoms with van der Waals surface area (Å²) in [5.41, 5.74) is 1.39. The van der Waals surface area contributed by atoms with Crippen molar-refractivity contribution < 1.29 is 15.2 Å². The van der Waals surface area contributed by atoms with Crippen molar-refractivity contribution in [3.63, 3.8) is 0 Å². The first kappa shape index (κ1) is 9.61. The predicted octanol–water partition coefficient (Wildman–Crippen LogP) is -1.15. The summed E-state index contributed by atoms with van der Waals surface area (Å²) >= 11 is 0. The molecule has 0 aromatic carbocycles. The molecule has 7 heavy (non-hydrogen) atoms. The molecule has 5 heteroatoms. The van der Waals surface area contributed by atoms with Gasteiger partial charge in [0, 0.05) is 6.92 Å². The maximum absolute atomic E-state index is 9.45. The fourth-order valence-electron chi connectivity index (χ4n) is 0. The van der Waals surface area contributed by atoms with Crippen LogP contribution in [0, 0.1) is 0 Å². The molecule has 0 aliphatic heterocycles. The van der Waals surface area contributed by atoms with Crippen LogP contribution in [0.25, 0.3) is 0 Å². The molecule has 0 aromatic heterocycles. The van der Waals surface area contributed by atoms with Crippen LogP contribution in [0.5, 0.6) is 0 Å². The Morgan fingerprint density at radius 3 is 1.86 bits per heavy atom. The van der Waals surface area contributed by atoms with E-state index in [-0.39, 0.29) is 0 Å². The number of rotatable bonds is 0. The van der Waals surface area contributed by atoms with E-state index in [0.717, 1.165) is 0 Å². The van der Waals surface area contributed by atoms with Crippen LogP contribution in [-0.2, 0) is 4.79 Å². The Kier molecular flexibility index (Phi) is 12.4. The minimum atomic E-state index is -0.440. The molecular formula is C2H8N2O3. The Bertz CT molecular complexity index is 46.2. The molecule has 0 aliphatic carbocycles. The van der Waals surface area contributed by atoms with Gasteiger partial charge in [-0.25, -0.2) is 11.4 Å². The van der Waals surface area contributed by atoms with Gasteiger partial charge in [-0.2, -0.15) is 0 Å². The van der Waals surface area contributed by atoms with Gasteiger partial charge in [0.25, 0.3) is 0 Å². The highest BCUT2D eigenvalue weighted by Gasteiger charge is 1.74. The summed E-state index contributed by atoms with van der Waals surface area (Å²) < 4.78 is 0. The van der Waals surface area contributed by atoms with Gasteiger partial charge in [0.05, 0.1) is 0 Å². The molecule has 5 nitrogen and oxygen atoms in total. The lowest BCUT2D eigenvalue weighted by Crippen LogP contribution is -2.12. The first-order valence-electron chi connectivity index (χ1n) is 1.44. The van der Waals surface area contributed by atoms with Crippen molar-refractivity contribution in [2.75, 3.05) is 0 Å². The Morgan fingerprint density at radius 2 is 1.86 bits per heavy atom. The summed E-state index contributed by atoms with van der Waals surface area (Å²) in [5, 5.41) is 14.0. The van der Waals surface area contributed by atoms with Gasteiger partial charge in [-0.1, -0.05) is 0 Å². The van der Waals surface area contributed by atoms with Crippen molar-refractivity contribution in [3.05, 3.63) is 0 Å². The number of amides is 1. The van der Waals surface area contributed by atoms with E-state index >= 15 is 0 Å².